The molecule has 1 aromatic carbocycles. The van der Waals surface area contributed by atoms with E-state index in [1.165, 1.54) is 18.5 Å². The monoisotopic (exact) mass is 238 g/mol. The summed E-state index contributed by atoms with van der Waals surface area (Å²) in [7, 11) is 0. The maximum Gasteiger partial charge on any atom is 0.0639 e. The van der Waals surface area contributed by atoms with E-state index in [0.29, 0.717) is 0 Å². The molecule has 1 aromatic rings. The lowest BCUT2D eigenvalue weighted by atomic mass is 9.94. The Morgan fingerprint density at radius 3 is 2.94 bits per heavy atom. The Morgan fingerprint density at radius 2 is 2.19 bits per heavy atom. The first-order valence-electron chi connectivity index (χ1n) is 6.01. The molecule has 0 saturated carbocycles. The Labute approximate surface area is 102 Å². The molecule has 1 aliphatic rings. The number of anilines is 1. The van der Waals surface area contributed by atoms with Crippen LogP contribution in [0, 0.1) is 5.92 Å². The lowest BCUT2D eigenvalue weighted by molar-refractivity contribution is 0.396. The first kappa shape index (κ1) is 11.7. The van der Waals surface area contributed by atoms with Crippen molar-refractivity contribution < 1.29 is 0 Å². The van der Waals surface area contributed by atoms with Gasteiger partial charge in [-0.2, -0.15) is 0 Å². The SMILES string of the molecule is NCCC1CCCN(c2ccccc2Cl)C1. The van der Waals surface area contributed by atoms with E-state index in [2.05, 4.69) is 11.0 Å². The molecular weight excluding hydrogens is 220 g/mol. The number of benzene rings is 1. The maximum absolute atomic E-state index is 6.22. The van der Waals surface area contributed by atoms with E-state index in [1.807, 2.05) is 18.2 Å². The van der Waals surface area contributed by atoms with E-state index in [4.69, 9.17) is 17.3 Å². The number of hydrogen-bond acceptors (Lipinski definition) is 2. The highest BCUT2D eigenvalue weighted by molar-refractivity contribution is 6.33. The molecular formula is C13H19ClN2. The van der Waals surface area contributed by atoms with Crippen LogP contribution in [0.1, 0.15) is 19.3 Å². The Hall–Kier alpha value is -0.730. The van der Waals surface area contributed by atoms with E-state index in [9.17, 15) is 0 Å². The van der Waals surface area contributed by atoms with Crippen molar-refractivity contribution in [3.05, 3.63) is 29.3 Å². The molecule has 1 fully saturated rings. The van der Waals surface area contributed by atoms with Crippen molar-refractivity contribution in [1.82, 2.24) is 0 Å². The average Bonchev–Trinajstić information content (AvgIpc) is 2.30. The summed E-state index contributed by atoms with van der Waals surface area (Å²) in [4.78, 5) is 2.40. The topological polar surface area (TPSA) is 29.3 Å². The van der Waals surface area contributed by atoms with Gasteiger partial charge in [0.1, 0.15) is 0 Å². The molecule has 1 heterocycles. The Bertz CT molecular complexity index is 338. The smallest absolute Gasteiger partial charge is 0.0639 e. The predicted molar refractivity (Wildman–Crippen MR) is 70.1 cm³/mol. The number of rotatable bonds is 3. The third-order valence-electron chi connectivity index (χ3n) is 3.29. The van der Waals surface area contributed by atoms with Gasteiger partial charge in [-0.3, -0.25) is 0 Å². The molecule has 0 amide bonds. The van der Waals surface area contributed by atoms with Crippen molar-refractivity contribution in [3.63, 3.8) is 0 Å². The van der Waals surface area contributed by atoms with Gasteiger partial charge in [0.15, 0.2) is 0 Å². The second-order valence-electron chi connectivity index (χ2n) is 4.48. The van der Waals surface area contributed by atoms with Crippen LogP contribution >= 0.6 is 11.6 Å². The van der Waals surface area contributed by atoms with Gasteiger partial charge in [0, 0.05) is 13.1 Å². The molecule has 2 nitrogen and oxygen atoms in total. The van der Waals surface area contributed by atoms with Crippen molar-refractivity contribution in [2.75, 3.05) is 24.5 Å². The molecule has 1 saturated heterocycles. The normalized spacial score (nSPS) is 21.1. The van der Waals surface area contributed by atoms with Crippen LogP contribution in [0.25, 0.3) is 0 Å². The fourth-order valence-corrected chi connectivity index (χ4v) is 2.72. The van der Waals surface area contributed by atoms with E-state index in [0.717, 1.165) is 37.0 Å². The quantitative estimate of drug-likeness (QED) is 0.878. The number of para-hydroxylation sites is 1. The standard InChI is InChI=1S/C13H19ClN2/c14-12-5-1-2-6-13(12)16-9-3-4-11(10-16)7-8-15/h1-2,5-6,11H,3-4,7-10,15H2. The number of nitrogens with zero attached hydrogens (tertiary/aromatic N) is 1. The molecule has 0 aliphatic carbocycles. The van der Waals surface area contributed by atoms with Crippen molar-refractivity contribution >= 4 is 17.3 Å². The van der Waals surface area contributed by atoms with Crippen LogP contribution < -0.4 is 10.6 Å². The summed E-state index contributed by atoms with van der Waals surface area (Å²) >= 11 is 6.22. The molecule has 2 N–H and O–H groups in total. The van der Waals surface area contributed by atoms with Crippen LogP contribution in [0.5, 0.6) is 0 Å². The largest absolute Gasteiger partial charge is 0.370 e. The summed E-state index contributed by atoms with van der Waals surface area (Å²) < 4.78 is 0. The zero-order chi connectivity index (χ0) is 11.4. The molecule has 1 atom stereocenters. The molecule has 0 aromatic heterocycles. The van der Waals surface area contributed by atoms with E-state index in [1.54, 1.807) is 0 Å². The first-order valence-corrected chi connectivity index (χ1v) is 6.38. The summed E-state index contributed by atoms with van der Waals surface area (Å²) in [6.07, 6.45) is 3.68. The zero-order valence-corrected chi connectivity index (χ0v) is 10.3. The van der Waals surface area contributed by atoms with Gasteiger partial charge in [0.2, 0.25) is 0 Å². The molecule has 1 unspecified atom stereocenters. The number of halogens is 1. The summed E-state index contributed by atoms with van der Waals surface area (Å²) in [6, 6.07) is 8.09. The lowest BCUT2D eigenvalue weighted by Gasteiger charge is -2.34. The van der Waals surface area contributed by atoms with Crippen molar-refractivity contribution in [3.8, 4) is 0 Å². The van der Waals surface area contributed by atoms with Gasteiger partial charge in [0.25, 0.3) is 0 Å². The minimum Gasteiger partial charge on any atom is -0.370 e. The van der Waals surface area contributed by atoms with Gasteiger partial charge in [-0.25, -0.2) is 0 Å². The van der Waals surface area contributed by atoms with Crippen LogP contribution in [-0.2, 0) is 0 Å². The minimum atomic E-state index is 0.732. The van der Waals surface area contributed by atoms with E-state index >= 15 is 0 Å². The Balaban J connectivity index is 2.07. The van der Waals surface area contributed by atoms with E-state index in [-0.39, 0.29) is 0 Å². The summed E-state index contributed by atoms with van der Waals surface area (Å²) in [5, 5.41) is 0.857. The highest BCUT2D eigenvalue weighted by atomic mass is 35.5. The molecule has 2 rings (SSSR count). The highest BCUT2D eigenvalue weighted by Gasteiger charge is 2.20. The molecule has 1 aliphatic heterocycles. The molecule has 3 heteroatoms. The Kier molecular flexibility index (Phi) is 4.08. The molecule has 16 heavy (non-hydrogen) atoms. The third-order valence-corrected chi connectivity index (χ3v) is 3.61. The van der Waals surface area contributed by atoms with E-state index < -0.39 is 0 Å². The average molecular weight is 239 g/mol. The van der Waals surface area contributed by atoms with Crippen molar-refractivity contribution in [1.29, 1.82) is 0 Å². The second kappa shape index (κ2) is 5.55. The number of nitrogens with two attached hydrogens (primary N) is 1. The van der Waals surface area contributed by atoms with Crippen LogP contribution in [0.15, 0.2) is 24.3 Å². The number of hydrogen-bond donors (Lipinski definition) is 1. The molecule has 0 bridgehead atoms. The van der Waals surface area contributed by atoms with Crippen LogP contribution in [-0.4, -0.2) is 19.6 Å². The summed E-state index contributed by atoms with van der Waals surface area (Å²) in [5.41, 5.74) is 6.80. The van der Waals surface area contributed by atoms with Crippen LogP contribution in [0.2, 0.25) is 5.02 Å². The third kappa shape index (κ3) is 2.69. The van der Waals surface area contributed by atoms with Gasteiger partial charge in [-0.15, -0.1) is 0 Å². The maximum atomic E-state index is 6.22. The minimum absolute atomic E-state index is 0.732. The second-order valence-corrected chi connectivity index (χ2v) is 4.89. The van der Waals surface area contributed by atoms with Crippen LogP contribution in [0.3, 0.4) is 0 Å². The number of piperidine rings is 1. The molecule has 88 valence electrons. The Morgan fingerprint density at radius 1 is 1.38 bits per heavy atom. The van der Waals surface area contributed by atoms with Crippen LogP contribution in [0.4, 0.5) is 5.69 Å². The fourth-order valence-electron chi connectivity index (χ4n) is 2.46. The fraction of sp³-hybridized carbons (Fsp3) is 0.538. The zero-order valence-electron chi connectivity index (χ0n) is 9.53. The highest BCUT2D eigenvalue weighted by Crippen LogP contribution is 2.30. The van der Waals surface area contributed by atoms with Gasteiger partial charge < -0.3 is 10.6 Å². The lowest BCUT2D eigenvalue weighted by Crippen LogP contribution is -2.36. The van der Waals surface area contributed by atoms with Gasteiger partial charge in [0.05, 0.1) is 10.7 Å². The first-order chi connectivity index (χ1) is 7.81. The summed E-state index contributed by atoms with van der Waals surface area (Å²) in [6.45, 7) is 3.01. The van der Waals surface area contributed by atoms with Gasteiger partial charge >= 0.3 is 0 Å². The molecule has 0 spiro atoms. The predicted octanol–water partition coefficient (Wildman–Crippen LogP) is 2.91. The van der Waals surface area contributed by atoms with Crippen molar-refractivity contribution in [2.24, 2.45) is 11.7 Å². The van der Waals surface area contributed by atoms with Gasteiger partial charge in [-0.05, 0) is 43.9 Å². The van der Waals surface area contributed by atoms with Crippen molar-refractivity contribution in [2.45, 2.75) is 19.3 Å². The molecule has 0 radical (unpaired) electrons. The summed E-state index contributed by atoms with van der Waals surface area (Å²) in [5.74, 6) is 0.732. The van der Waals surface area contributed by atoms with Gasteiger partial charge in [-0.1, -0.05) is 23.7 Å².